The summed E-state index contributed by atoms with van der Waals surface area (Å²) < 4.78 is 6.76. The zero-order valence-corrected chi connectivity index (χ0v) is 45.3. The highest BCUT2D eigenvalue weighted by atomic mass is 79.9. The van der Waals surface area contributed by atoms with Crippen LogP contribution in [0.25, 0.3) is 0 Å². The Morgan fingerprint density at radius 3 is 1.26 bits per heavy atom. The molecule has 0 fully saturated rings. The van der Waals surface area contributed by atoms with Crippen molar-refractivity contribution in [2.75, 3.05) is 7.11 Å². The van der Waals surface area contributed by atoms with Gasteiger partial charge >= 0.3 is 11.9 Å². The minimum Gasteiger partial charge on any atom is -0.507 e. The first-order chi connectivity index (χ1) is 32.2. The summed E-state index contributed by atoms with van der Waals surface area (Å²) in [5.41, 5.74) is 0.0230. The second-order valence-corrected chi connectivity index (χ2v) is 18.3. The number of phenolic OH excluding ortho intramolecular Hbond substituents is 4. The summed E-state index contributed by atoms with van der Waals surface area (Å²) in [4.78, 5) is 62.4. The summed E-state index contributed by atoms with van der Waals surface area (Å²) in [5, 5.41) is 64.0. The smallest absolute Gasteiger partial charge is 0.341 e. The maximum atomic E-state index is 10.7. The number of hydrogen-bond acceptors (Lipinski definition) is 12. The summed E-state index contributed by atoms with van der Waals surface area (Å²) in [6.45, 7) is 0. The van der Waals surface area contributed by atoms with E-state index in [4.69, 9.17) is 140 Å². The standard InChI is InChI=1S/C8H6Cl2O3.C7H3BrCl2O2.C7H4BrClO2.C7H5BrO2.C7H4Cl2O3.C7H4Cl2O2.5CH4/c1-13-7-5(10)3-2-4(9)6(7)8(11)12;8-4-1-5(9)7(12)3(2-11)6(4)10;8-5-1-4(3-10)7(11)6(9)2-5;8-6-1-2-7(10)5(3-6)4-9;8-3-1-2-4(9)6(10)5(3)7(11)12;8-5-1-2-6(9)7(11)4(5)3-10;;;;;/h2-3H,1H3,(H,11,12);1-2,12H;1-3,11H;1-4,10H;1-2,10H,(H,11,12);1-3,11H;5*1H4. The molecule has 0 heterocycles. The molecule has 0 aliphatic carbocycles. The van der Waals surface area contributed by atoms with Crippen molar-refractivity contribution in [3.8, 4) is 34.5 Å². The molecule has 26 heteroatoms. The highest BCUT2D eigenvalue weighted by Crippen LogP contribution is 2.38. The molecular formula is C48H46Br3Cl9O14. The third kappa shape index (κ3) is 23.4. The van der Waals surface area contributed by atoms with Gasteiger partial charge in [-0.3, -0.25) is 19.2 Å². The average molecular weight is 1410 g/mol. The number of benzene rings is 6. The molecule has 0 aromatic heterocycles. The van der Waals surface area contributed by atoms with Crippen molar-refractivity contribution in [3.05, 3.63) is 165 Å². The molecule has 0 amide bonds. The maximum absolute atomic E-state index is 10.7. The number of carboxylic acid groups (broad SMARTS) is 2. The molecule has 6 rings (SSSR count). The molecule has 6 aromatic carbocycles. The van der Waals surface area contributed by atoms with Crippen molar-refractivity contribution >= 4 is 189 Å². The quantitative estimate of drug-likeness (QED) is 0.0580. The largest absolute Gasteiger partial charge is 0.507 e. The van der Waals surface area contributed by atoms with Crippen LogP contribution in [0.1, 0.15) is 99.3 Å². The predicted molar refractivity (Wildman–Crippen MR) is 311 cm³/mol. The highest BCUT2D eigenvalue weighted by molar-refractivity contribution is 9.11. The number of halogens is 12. The van der Waals surface area contributed by atoms with E-state index in [-0.39, 0.29) is 139 Å². The third-order valence-corrected chi connectivity index (χ3v) is 12.3. The minimum absolute atomic E-state index is 0. The predicted octanol–water partition coefficient (Wildman–Crippen LogP) is 18.7. The van der Waals surface area contributed by atoms with Gasteiger partial charge in [0.1, 0.15) is 39.9 Å². The Hall–Kier alpha value is -4.21. The molecule has 0 saturated heterocycles. The number of rotatable bonds is 7. The number of methoxy groups -OCH3 is 1. The number of carboxylic acids is 2. The average Bonchev–Trinajstić information content (AvgIpc) is 3.29. The normalized spacial score (nSPS) is 9.04. The number of aldehydes is 4. The first-order valence-corrected chi connectivity index (χ1v) is 23.2. The van der Waals surface area contributed by atoms with E-state index in [0.717, 1.165) is 4.47 Å². The Morgan fingerprint density at radius 1 is 0.446 bits per heavy atom. The summed E-state index contributed by atoms with van der Waals surface area (Å²) in [5.74, 6) is -3.61. The Bertz CT molecular complexity index is 2850. The van der Waals surface area contributed by atoms with Gasteiger partial charge in [0.2, 0.25) is 0 Å². The molecule has 0 unspecified atom stereocenters. The summed E-state index contributed by atoms with van der Waals surface area (Å²) in [7, 11) is 1.34. The minimum atomic E-state index is -1.31. The molecule has 0 saturated carbocycles. The Kier molecular flexibility index (Phi) is 40.8. The lowest BCUT2D eigenvalue weighted by atomic mass is 10.2. The monoisotopic (exact) mass is 1400 g/mol. The lowest BCUT2D eigenvalue weighted by molar-refractivity contribution is 0.0682. The molecule has 406 valence electrons. The number of hydrogen-bond donors (Lipinski definition) is 7. The summed E-state index contributed by atoms with van der Waals surface area (Å²) in [6, 6.07) is 17.5. The Balaban J connectivity index is -0.000000254. The van der Waals surface area contributed by atoms with Crippen LogP contribution in [-0.2, 0) is 0 Å². The molecule has 0 aliphatic rings. The van der Waals surface area contributed by atoms with Crippen molar-refractivity contribution in [1.29, 1.82) is 0 Å². The molecule has 7 N–H and O–H groups in total. The van der Waals surface area contributed by atoms with Crippen LogP contribution in [0.2, 0.25) is 45.2 Å². The van der Waals surface area contributed by atoms with Crippen molar-refractivity contribution < 1.29 is 69.2 Å². The van der Waals surface area contributed by atoms with Crippen LogP contribution in [-0.4, -0.2) is 79.9 Å². The number of ether oxygens (including phenoxy) is 1. The van der Waals surface area contributed by atoms with Crippen LogP contribution >= 0.6 is 152 Å². The van der Waals surface area contributed by atoms with Gasteiger partial charge in [0.25, 0.3) is 0 Å². The molecule has 14 nitrogen and oxygen atoms in total. The molecule has 0 radical (unpaired) electrons. The van der Waals surface area contributed by atoms with Gasteiger partial charge in [-0.15, -0.1) is 0 Å². The van der Waals surface area contributed by atoms with E-state index in [2.05, 4.69) is 47.8 Å². The first kappa shape index (κ1) is 78.7. The van der Waals surface area contributed by atoms with Gasteiger partial charge in [-0.05, 0) is 88.7 Å². The second-order valence-electron chi connectivity index (χ2n) is 12.0. The number of phenols is 5. The molecule has 0 atom stereocenters. The van der Waals surface area contributed by atoms with Crippen LogP contribution in [0.5, 0.6) is 34.5 Å². The number of carbonyl (C=O) groups is 6. The fourth-order valence-corrected chi connectivity index (χ4v) is 7.76. The Labute approximate surface area is 497 Å². The van der Waals surface area contributed by atoms with E-state index in [9.17, 15) is 33.9 Å². The van der Waals surface area contributed by atoms with Gasteiger partial charge in [0.15, 0.2) is 30.9 Å². The molecule has 0 aliphatic heterocycles. The van der Waals surface area contributed by atoms with E-state index < -0.39 is 17.7 Å². The van der Waals surface area contributed by atoms with E-state index in [0.29, 0.717) is 39.7 Å². The number of carbonyl (C=O) groups excluding carboxylic acids is 4. The fraction of sp³-hybridized carbons (Fsp3) is 0.125. The Morgan fingerprint density at radius 2 is 0.851 bits per heavy atom. The number of aromatic carboxylic acids is 2. The van der Waals surface area contributed by atoms with Crippen LogP contribution in [0, 0.1) is 0 Å². The van der Waals surface area contributed by atoms with Crippen molar-refractivity contribution in [1.82, 2.24) is 0 Å². The molecular weight excluding hydrogens is 1360 g/mol. The van der Waals surface area contributed by atoms with Crippen LogP contribution < -0.4 is 4.74 Å². The van der Waals surface area contributed by atoms with Gasteiger partial charge < -0.3 is 40.5 Å². The SMILES string of the molecule is C.C.C.C.C.COc1c(Cl)ccc(Cl)c1C(=O)O.O=C(O)c1c(Cl)ccc(Cl)c1O.O=Cc1c(Cl)ccc(Cl)c1O.O=Cc1c(O)c(Cl)cc(Br)c1Cl.O=Cc1cc(Br)cc(Cl)c1O.O=Cc1cc(Br)ccc1O. The topological polar surface area (TPSA) is 253 Å². The second kappa shape index (κ2) is 38.4. The summed E-state index contributed by atoms with van der Waals surface area (Å²) >= 11 is 59.5. The summed E-state index contributed by atoms with van der Waals surface area (Å²) in [6.07, 6.45) is 2.07. The zero-order valence-electron chi connectivity index (χ0n) is 33.8. The van der Waals surface area contributed by atoms with E-state index in [1.54, 1.807) is 12.1 Å². The third-order valence-electron chi connectivity index (χ3n) is 7.60. The maximum Gasteiger partial charge on any atom is 0.341 e. The lowest BCUT2D eigenvalue weighted by Gasteiger charge is -2.07. The van der Waals surface area contributed by atoms with Crippen LogP contribution in [0.15, 0.2) is 86.2 Å². The van der Waals surface area contributed by atoms with Gasteiger partial charge in [-0.2, -0.15) is 0 Å². The van der Waals surface area contributed by atoms with Gasteiger partial charge in [0, 0.05) is 13.4 Å². The van der Waals surface area contributed by atoms with Crippen molar-refractivity contribution in [2.45, 2.75) is 37.1 Å². The highest BCUT2D eigenvalue weighted by Gasteiger charge is 2.19. The first-order valence-electron chi connectivity index (χ1n) is 17.4. The van der Waals surface area contributed by atoms with Gasteiger partial charge in [-0.1, -0.05) is 173 Å². The van der Waals surface area contributed by atoms with Gasteiger partial charge in [0.05, 0.1) is 74.6 Å². The van der Waals surface area contributed by atoms with Gasteiger partial charge in [-0.25, -0.2) is 9.59 Å². The fourth-order valence-electron chi connectivity index (χ4n) is 4.35. The van der Waals surface area contributed by atoms with E-state index >= 15 is 0 Å². The lowest BCUT2D eigenvalue weighted by Crippen LogP contribution is -2.01. The van der Waals surface area contributed by atoms with Crippen molar-refractivity contribution in [3.63, 3.8) is 0 Å². The molecule has 74 heavy (non-hydrogen) atoms. The number of aromatic hydroxyl groups is 5. The molecule has 0 spiro atoms. The molecule has 0 bridgehead atoms. The van der Waals surface area contributed by atoms with Crippen molar-refractivity contribution in [2.24, 2.45) is 0 Å². The molecule has 6 aromatic rings. The van der Waals surface area contributed by atoms with Crippen LogP contribution in [0.4, 0.5) is 0 Å². The van der Waals surface area contributed by atoms with E-state index in [1.807, 2.05) is 0 Å². The zero-order chi connectivity index (χ0) is 53.0. The van der Waals surface area contributed by atoms with E-state index in [1.165, 1.54) is 67.8 Å². The van der Waals surface area contributed by atoms with Crippen LogP contribution in [0.3, 0.4) is 0 Å².